The van der Waals surface area contributed by atoms with Gasteiger partial charge in [-0.25, -0.2) is 0 Å². The van der Waals surface area contributed by atoms with Gasteiger partial charge in [0, 0.05) is 14.5 Å². The first-order valence-electron chi connectivity index (χ1n) is 2.77. The molecular weight excluding hydrogens is 299 g/mol. The van der Waals surface area contributed by atoms with Gasteiger partial charge in [0.25, 0.3) is 0 Å². The second-order valence-corrected chi connectivity index (χ2v) is 3.68. The SMILES string of the molecule is O=C([O-])c1cc(Br)ccc1Br.[Na+]. The van der Waals surface area contributed by atoms with Crippen LogP contribution >= 0.6 is 31.9 Å². The van der Waals surface area contributed by atoms with Gasteiger partial charge in [0.1, 0.15) is 0 Å². The maximum absolute atomic E-state index is 10.4. The number of hydrogen-bond donors (Lipinski definition) is 0. The summed E-state index contributed by atoms with van der Waals surface area (Å²) in [5.41, 5.74) is 0.152. The third-order valence-electron chi connectivity index (χ3n) is 1.15. The van der Waals surface area contributed by atoms with Crippen molar-refractivity contribution in [3.63, 3.8) is 0 Å². The van der Waals surface area contributed by atoms with Gasteiger partial charge in [-0.15, -0.1) is 0 Å². The van der Waals surface area contributed by atoms with E-state index in [4.69, 9.17) is 0 Å². The molecule has 1 aromatic rings. The van der Waals surface area contributed by atoms with Gasteiger partial charge in [-0.05, 0) is 18.2 Å². The van der Waals surface area contributed by atoms with Crippen molar-refractivity contribution in [2.75, 3.05) is 0 Å². The summed E-state index contributed by atoms with van der Waals surface area (Å²) in [6, 6.07) is 4.88. The molecule has 58 valence electrons. The molecule has 0 spiro atoms. The number of hydrogen-bond acceptors (Lipinski definition) is 2. The van der Waals surface area contributed by atoms with E-state index in [0.717, 1.165) is 4.47 Å². The Bertz CT molecular complexity index is 301. The second-order valence-electron chi connectivity index (χ2n) is 1.91. The van der Waals surface area contributed by atoms with Gasteiger partial charge in [0.15, 0.2) is 0 Å². The number of halogens is 2. The Balaban J connectivity index is 0.00000121. The largest absolute Gasteiger partial charge is 1.00 e. The van der Waals surface area contributed by atoms with Crippen molar-refractivity contribution < 1.29 is 39.5 Å². The van der Waals surface area contributed by atoms with Crippen LogP contribution in [-0.2, 0) is 0 Å². The summed E-state index contributed by atoms with van der Waals surface area (Å²) >= 11 is 6.24. The Morgan fingerprint density at radius 2 is 1.92 bits per heavy atom. The maximum atomic E-state index is 10.4. The van der Waals surface area contributed by atoms with Gasteiger partial charge in [0.05, 0.1) is 5.97 Å². The quantitative estimate of drug-likeness (QED) is 0.597. The zero-order valence-electron chi connectivity index (χ0n) is 6.30. The topological polar surface area (TPSA) is 40.1 Å². The fourth-order valence-corrected chi connectivity index (χ4v) is 1.42. The minimum Gasteiger partial charge on any atom is -0.545 e. The van der Waals surface area contributed by atoms with Crippen molar-refractivity contribution in [1.29, 1.82) is 0 Å². The number of carbonyl (C=O) groups excluding carboxylic acids is 1. The van der Waals surface area contributed by atoms with Crippen molar-refractivity contribution >= 4 is 37.8 Å². The molecule has 0 atom stereocenters. The van der Waals surface area contributed by atoms with Crippen molar-refractivity contribution in [2.24, 2.45) is 0 Å². The van der Waals surface area contributed by atoms with E-state index in [1.54, 1.807) is 12.1 Å². The van der Waals surface area contributed by atoms with E-state index in [1.165, 1.54) is 6.07 Å². The molecule has 0 aromatic heterocycles. The molecule has 2 nitrogen and oxygen atoms in total. The molecule has 0 aliphatic carbocycles. The van der Waals surface area contributed by atoms with Crippen LogP contribution in [0, 0.1) is 0 Å². The molecule has 0 fully saturated rings. The van der Waals surface area contributed by atoms with E-state index in [1.807, 2.05) is 0 Å². The zero-order valence-corrected chi connectivity index (χ0v) is 11.5. The van der Waals surface area contributed by atoms with Crippen LogP contribution in [0.4, 0.5) is 0 Å². The van der Waals surface area contributed by atoms with Crippen molar-refractivity contribution in [1.82, 2.24) is 0 Å². The fraction of sp³-hybridized carbons (Fsp3) is 0. The molecule has 0 radical (unpaired) electrons. The monoisotopic (exact) mass is 300 g/mol. The van der Waals surface area contributed by atoms with Crippen LogP contribution in [0.1, 0.15) is 10.4 Å². The first-order valence-corrected chi connectivity index (χ1v) is 4.36. The molecule has 0 saturated heterocycles. The van der Waals surface area contributed by atoms with Gasteiger partial charge >= 0.3 is 29.6 Å². The summed E-state index contributed by atoms with van der Waals surface area (Å²) in [6.07, 6.45) is 0. The molecule has 0 bridgehead atoms. The average Bonchev–Trinajstić information content (AvgIpc) is 1.94. The average molecular weight is 302 g/mol. The number of aromatic carboxylic acids is 1. The zero-order chi connectivity index (χ0) is 8.43. The number of carboxylic acid groups (broad SMARTS) is 1. The third-order valence-corrected chi connectivity index (χ3v) is 2.33. The Morgan fingerprint density at radius 3 is 2.33 bits per heavy atom. The van der Waals surface area contributed by atoms with E-state index in [0.29, 0.717) is 4.47 Å². The van der Waals surface area contributed by atoms with Gasteiger partial charge in [-0.1, -0.05) is 31.9 Å². The number of carbonyl (C=O) groups is 1. The van der Waals surface area contributed by atoms with Crippen LogP contribution in [0.2, 0.25) is 0 Å². The standard InChI is InChI=1S/C7H4Br2O2.Na/c8-4-1-2-6(9)5(3-4)7(10)11;/h1-3H,(H,10,11);/q;+1/p-1. The predicted molar refractivity (Wildman–Crippen MR) is 46.2 cm³/mol. The first kappa shape index (κ1) is 12.7. The molecule has 5 heteroatoms. The van der Waals surface area contributed by atoms with E-state index in [-0.39, 0.29) is 35.1 Å². The Morgan fingerprint density at radius 1 is 1.33 bits per heavy atom. The number of benzene rings is 1. The van der Waals surface area contributed by atoms with Crippen LogP contribution in [0.3, 0.4) is 0 Å². The summed E-state index contributed by atoms with van der Waals surface area (Å²) in [6.45, 7) is 0. The van der Waals surface area contributed by atoms with Gasteiger partial charge in [-0.2, -0.15) is 0 Å². The fourth-order valence-electron chi connectivity index (χ4n) is 0.654. The summed E-state index contributed by atoms with van der Waals surface area (Å²) in [4.78, 5) is 10.4. The molecule has 12 heavy (non-hydrogen) atoms. The van der Waals surface area contributed by atoms with E-state index < -0.39 is 5.97 Å². The van der Waals surface area contributed by atoms with E-state index in [9.17, 15) is 9.90 Å². The third kappa shape index (κ3) is 3.18. The molecule has 0 saturated carbocycles. The first-order chi connectivity index (χ1) is 5.11. The maximum Gasteiger partial charge on any atom is 1.00 e. The molecular formula is C7H3Br2NaO2. The van der Waals surface area contributed by atoms with Gasteiger partial charge in [0.2, 0.25) is 0 Å². The second kappa shape index (κ2) is 5.40. The normalized spacial score (nSPS) is 8.83. The summed E-state index contributed by atoms with van der Waals surface area (Å²) < 4.78 is 1.25. The Hall–Kier alpha value is 0.650. The molecule has 0 aliphatic heterocycles. The van der Waals surface area contributed by atoms with Crippen molar-refractivity contribution in [2.45, 2.75) is 0 Å². The smallest absolute Gasteiger partial charge is 0.545 e. The molecule has 0 N–H and O–H groups in total. The van der Waals surface area contributed by atoms with E-state index in [2.05, 4.69) is 31.9 Å². The van der Waals surface area contributed by atoms with E-state index >= 15 is 0 Å². The number of rotatable bonds is 1. The predicted octanol–water partition coefficient (Wildman–Crippen LogP) is -1.42. The summed E-state index contributed by atoms with van der Waals surface area (Å²) in [5.74, 6) is -1.18. The molecule has 1 aromatic carbocycles. The van der Waals surface area contributed by atoms with Crippen molar-refractivity contribution in [3.8, 4) is 0 Å². The Labute approximate surface area is 109 Å². The summed E-state index contributed by atoms with van der Waals surface area (Å²) in [5, 5.41) is 10.4. The van der Waals surface area contributed by atoms with Crippen LogP contribution in [0.25, 0.3) is 0 Å². The van der Waals surface area contributed by atoms with Gasteiger partial charge < -0.3 is 9.90 Å². The molecule has 0 heterocycles. The number of carboxylic acids is 1. The molecule has 0 amide bonds. The summed E-state index contributed by atoms with van der Waals surface area (Å²) in [7, 11) is 0. The van der Waals surface area contributed by atoms with Crippen LogP contribution in [-0.4, -0.2) is 5.97 Å². The molecule has 0 unspecified atom stereocenters. The minimum atomic E-state index is -1.18. The van der Waals surface area contributed by atoms with Crippen LogP contribution in [0.5, 0.6) is 0 Å². The molecule has 1 rings (SSSR count). The van der Waals surface area contributed by atoms with Gasteiger partial charge in [-0.3, -0.25) is 0 Å². The molecule has 0 aliphatic rings. The van der Waals surface area contributed by atoms with Crippen LogP contribution < -0.4 is 34.7 Å². The minimum absolute atomic E-state index is 0. The Kier molecular flexibility index (Phi) is 5.69. The van der Waals surface area contributed by atoms with Crippen molar-refractivity contribution in [3.05, 3.63) is 32.7 Å². The van der Waals surface area contributed by atoms with Crippen LogP contribution in [0.15, 0.2) is 27.1 Å².